The van der Waals surface area contributed by atoms with E-state index in [2.05, 4.69) is 10.6 Å². The van der Waals surface area contributed by atoms with E-state index in [1.54, 1.807) is 24.3 Å². The predicted octanol–water partition coefficient (Wildman–Crippen LogP) is 4.85. The summed E-state index contributed by atoms with van der Waals surface area (Å²) in [5.41, 5.74) is 2.14. The van der Waals surface area contributed by atoms with E-state index in [9.17, 15) is 9.59 Å². The normalized spacial score (nSPS) is 15.4. The van der Waals surface area contributed by atoms with Gasteiger partial charge in [0.05, 0.1) is 0 Å². The van der Waals surface area contributed by atoms with Crippen molar-refractivity contribution in [3.63, 3.8) is 0 Å². The molecule has 0 spiro atoms. The van der Waals surface area contributed by atoms with Crippen LogP contribution in [0.15, 0.2) is 48.5 Å². The second-order valence-electron chi connectivity index (χ2n) is 7.66. The van der Waals surface area contributed by atoms with Crippen LogP contribution in [0.25, 0.3) is 0 Å². The largest absolute Gasteiger partial charge is 0.480 e. The van der Waals surface area contributed by atoms with E-state index >= 15 is 0 Å². The summed E-state index contributed by atoms with van der Waals surface area (Å²) < 4.78 is 5.92. The topological polar surface area (TPSA) is 67.4 Å². The van der Waals surface area contributed by atoms with Crippen LogP contribution in [0.3, 0.4) is 0 Å². The third-order valence-electron chi connectivity index (χ3n) is 5.36. The molecule has 0 bridgehead atoms. The summed E-state index contributed by atoms with van der Waals surface area (Å²) in [4.78, 5) is 25.3. The lowest BCUT2D eigenvalue weighted by molar-refractivity contribution is -0.122. The number of nitrogens with one attached hydrogen (secondary N) is 2. The molecule has 1 unspecified atom stereocenters. The predicted molar refractivity (Wildman–Crippen MR) is 115 cm³/mol. The highest BCUT2D eigenvalue weighted by Gasteiger charge is 2.20. The van der Waals surface area contributed by atoms with Gasteiger partial charge in [-0.2, -0.15) is 0 Å². The van der Waals surface area contributed by atoms with Crippen LogP contribution in [0.2, 0.25) is 0 Å². The minimum atomic E-state index is -0.601. The molecule has 5 heteroatoms. The molecule has 1 aliphatic rings. The molecule has 154 valence electrons. The van der Waals surface area contributed by atoms with Crippen molar-refractivity contribution in [1.29, 1.82) is 0 Å². The summed E-state index contributed by atoms with van der Waals surface area (Å²) in [6, 6.07) is 15.0. The Kier molecular flexibility index (Phi) is 7.28. The van der Waals surface area contributed by atoms with Gasteiger partial charge >= 0.3 is 0 Å². The molecule has 0 heterocycles. The van der Waals surface area contributed by atoms with Crippen LogP contribution >= 0.6 is 0 Å². The van der Waals surface area contributed by atoms with Crippen LogP contribution in [0.5, 0.6) is 5.75 Å². The monoisotopic (exact) mass is 394 g/mol. The average molecular weight is 395 g/mol. The van der Waals surface area contributed by atoms with Crippen molar-refractivity contribution < 1.29 is 14.3 Å². The molecular weight excluding hydrogens is 364 g/mol. The molecule has 2 amide bonds. The molecule has 2 aromatic carbocycles. The minimum absolute atomic E-state index is 0.0869. The number of carbonyl (C=O) groups excluding carboxylic acids is 2. The molecule has 2 aromatic rings. The molecule has 1 atom stereocenters. The van der Waals surface area contributed by atoms with Crippen molar-refractivity contribution in [3.8, 4) is 5.75 Å². The van der Waals surface area contributed by atoms with Crippen LogP contribution in [-0.4, -0.2) is 24.0 Å². The first kappa shape index (κ1) is 20.9. The van der Waals surface area contributed by atoms with Crippen molar-refractivity contribution in [2.24, 2.45) is 0 Å². The Morgan fingerprint density at radius 2 is 1.83 bits per heavy atom. The number of benzene rings is 2. The van der Waals surface area contributed by atoms with Crippen molar-refractivity contribution in [2.45, 2.75) is 64.5 Å². The Morgan fingerprint density at radius 3 is 2.55 bits per heavy atom. The zero-order valence-electron chi connectivity index (χ0n) is 17.2. The standard InChI is InChI=1S/C24H30N2O3/c1-3-21(29-22-15-8-7-10-17(22)2)24(28)26-20-14-9-11-18(16-20)23(27)25-19-12-5-4-6-13-19/h7-11,14-16,19,21H,3-6,12-13H2,1-2H3,(H,25,27)(H,26,28). The maximum Gasteiger partial charge on any atom is 0.265 e. The second kappa shape index (κ2) is 10.1. The molecule has 3 rings (SSSR count). The Labute approximate surface area is 172 Å². The summed E-state index contributed by atoms with van der Waals surface area (Å²) in [6.07, 6.45) is 5.60. The van der Waals surface area contributed by atoms with E-state index in [0.29, 0.717) is 23.4 Å². The maximum atomic E-state index is 12.7. The highest BCUT2D eigenvalue weighted by Crippen LogP contribution is 2.21. The van der Waals surface area contributed by atoms with Crippen LogP contribution in [0.4, 0.5) is 5.69 Å². The lowest BCUT2D eigenvalue weighted by Crippen LogP contribution is -2.36. The molecule has 5 nitrogen and oxygen atoms in total. The van der Waals surface area contributed by atoms with Crippen LogP contribution in [-0.2, 0) is 4.79 Å². The van der Waals surface area contributed by atoms with E-state index < -0.39 is 6.10 Å². The summed E-state index contributed by atoms with van der Waals surface area (Å²) in [7, 11) is 0. The first-order valence-corrected chi connectivity index (χ1v) is 10.5. The van der Waals surface area contributed by atoms with Crippen molar-refractivity contribution in [2.75, 3.05) is 5.32 Å². The molecule has 1 saturated carbocycles. The van der Waals surface area contributed by atoms with Crippen molar-refractivity contribution in [3.05, 3.63) is 59.7 Å². The first-order valence-electron chi connectivity index (χ1n) is 10.5. The molecule has 29 heavy (non-hydrogen) atoms. The van der Waals surface area contributed by atoms with E-state index in [1.165, 1.54) is 19.3 Å². The molecular formula is C24H30N2O3. The molecule has 0 saturated heterocycles. The first-order chi connectivity index (χ1) is 14.1. The van der Waals surface area contributed by atoms with Gasteiger partial charge in [0, 0.05) is 17.3 Å². The SMILES string of the molecule is CCC(Oc1ccccc1C)C(=O)Nc1cccc(C(=O)NC2CCCCC2)c1. The molecule has 0 aliphatic heterocycles. The molecule has 0 aromatic heterocycles. The summed E-state index contributed by atoms with van der Waals surface area (Å²) in [5, 5.41) is 6.00. The fourth-order valence-electron chi connectivity index (χ4n) is 3.64. The second-order valence-corrected chi connectivity index (χ2v) is 7.66. The summed E-state index contributed by atoms with van der Waals surface area (Å²) in [6.45, 7) is 3.87. The highest BCUT2D eigenvalue weighted by atomic mass is 16.5. The number of rotatable bonds is 7. The minimum Gasteiger partial charge on any atom is -0.480 e. The molecule has 1 fully saturated rings. The van der Waals surface area contributed by atoms with Gasteiger partial charge in [-0.3, -0.25) is 9.59 Å². The van der Waals surface area contributed by atoms with Gasteiger partial charge in [0.2, 0.25) is 0 Å². The van der Waals surface area contributed by atoms with Crippen LogP contribution in [0.1, 0.15) is 61.4 Å². The van der Waals surface area contributed by atoms with Gasteiger partial charge in [-0.25, -0.2) is 0 Å². The van der Waals surface area contributed by atoms with Crippen LogP contribution in [0, 0.1) is 6.92 Å². The van der Waals surface area contributed by atoms with Crippen molar-refractivity contribution in [1.82, 2.24) is 5.32 Å². The fourth-order valence-corrected chi connectivity index (χ4v) is 3.64. The maximum absolute atomic E-state index is 12.7. The van der Waals surface area contributed by atoms with E-state index in [4.69, 9.17) is 4.74 Å². The van der Waals surface area contributed by atoms with Gasteiger partial charge in [-0.05, 0) is 56.0 Å². The third-order valence-corrected chi connectivity index (χ3v) is 5.36. The zero-order chi connectivity index (χ0) is 20.6. The quantitative estimate of drug-likeness (QED) is 0.705. The van der Waals surface area contributed by atoms with Gasteiger partial charge in [-0.1, -0.05) is 50.5 Å². The Balaban J connectivity index is 1.62. The lowest BCUT2D eigenvalue weighted by atomic mass is 9.95. The van der Waals surface area contributed by atoms with E-state index in [-0.39, 0.29) is 17.9 Å². The van der Waals surface area contributed by atoms with Gasteiger partial charge in [-0.15, -0.1) is 0 Å². The van der Waals surface area contributed by atoms with E-state index in [1.807, 2.05) is 38.1 Å². The molecule has 2 N–H and O–H groups in total. The number of hydrogen-bond donors (Lipinski definition) is 2. The number of aryl methyl sites for hydroxylation is 1. The van der Waals surface area contributed by atoms with Gasteiger partial charge in [0.1, 0.15) is 5.75 Å². The summed E-state index contributed by atoms with van der Waals surface area (Å²) >= 11 is 0. The molecule has 0 radical (unpaired) electrons. The smallest absolute Gasteiger partial charge is 0.265 e. The number of carbonyl (C=O) groups is 2. The van der Waals surface area contributed by atoms with E-state index in [0.717, 1.165) is 18.4 Å². The fraction of sp³-hybridized carbons (Fsp3) is 0.417. The highest BCUT2D eigenvalue weighted by molar-refractivity contribution is 5.98. The average Bonchev–Trinajstić information content (AvgIpc) is 2.74. The number of ether oxygens (including phenoxy) is 1. The Morgan fingerprint density at radius 1 is 1.07 bits per heavy atom. The number of hydrogen-bond acceptors (Lipinski definition) is 3. The zero-order valence-corrected chi connectivity index (χ0v) is 17.2. The Bertz CT molecular complexity index is 844. The van der Waals surface area contributed by atoms with Gasteiger partial charge in [0.15, 0.2) is 6.10 Å². The van der Waals surface area contributed by atoms with Gasteiger partial charge in [0.25, 0.3) is 11.8 Å². The van der Waals surface area contributed by atoms with Gasteiger partial charge < -0.3 is 15.4 Å². The number of anilines is 1. The molecule has 1 aliphatic carbocycles. The van der Waals surface area contributed by atoms with Crippen LogP contribution < -0.4 is 15.4 Å². The number of para-hydroxylation sites is 1. The van der Waals surface area contributed by atoms with Crippen molar-refractivity contribution >= 4 is 17.5 Å². The lowest BCUT2D eigenvalue weighted by Gasteiger charge is -2.23. The summed E-state index contributed by atoms with van der Waals surface area (Å²) in [5.74, 6) is 0.395. The third kappa shape index (κ3) is 5.83. The number of amides is 2. The Hall–Kier alpha value is -2.82.